The van der Waals surface area contributed by atoms with Crippen LogP contribution in [0.25, 0.3) is 0 Å². The number of carbonyl (C=O) groups excluding carboxylic acids is 1. The SMILES string of the molecule is CC(CO)c1nc(COC(N)=O)n(Cc2cc[n+]([O-])cc2)c1Sc1cc(Cl)cc(Cl)c1. The van der Waals surface area contributed by atoms with Crippen LogP contribution in [0.3, 0.4) is 0 Å². The lowest BCUT2D eigenvalue weighted by molar-refractivity contribution is -0.605. The summed E-state index contributed by atoms with van der Waals surface area (Å²) in [6.07, 6.45) is 1.87. The number of nitrogens with zero attached hydrogens (tertiary/aromatic N) is 3. The van der Waals surface area contributed by atoms with Gasteiger partial charge in [-0.1, -0.05) is 41.9 Å². The highest BCUT2D eigenvalue weighted by Gasteiger charge is 2.23. The summed E-state index contributed by atoms with van der Waals surface area (Å²) in [4.78, 5) is 16.6. The molecule has 2 heterocycles. The largest absolute Gasteiger partial charge is 0.619 e. The first-order valence-corrected chi connectivity index (χ1v) is 10.8. The summed E-state index contributed by atoms with van der Waals surface area (Å²) in [6.45, 7) is 1.91. The fraction of sp³-hybridized carbons (Fsp3) is 0.250. The van der Waals surface area contributed by atoms with E-state index in [-0.39, 0.29) is 19.1 Å². The molecule has 1 unspecified atom stereocenters. The number of ether oxygens (including phenoxy) is 1. The molecule has 0 fully saturated rings. The first-order chi connectivity index (χ1) is 14.8. The van der Waals surface area contributed by atoms with Gasteiger partial charge in [-0.2, -0.15) is 4.73 Å². The number of rotatable bonds is 8. The van der Waals surface area contributed by atoms with Crippen LogP contribution in [-0.2, 0) is 17.9 Å². The molecular weight excluding hydrogens is 463 g/mol. The fourth-order valence-corrected chi connectivity index (χ4v) is 4.74. The van der Waals surface area contributed by atoms with Crippen LogP contribution in [0.15, 0.2) is 52.6 Å². The van der Waals surface area contributed by atoms with Crippen molar-refractivity contribution in [2.75, 3.05) is 6.61 Å². The van der Waals surface area contributed by atoms with Crippen LogP contribution in [0.5, 0.6) is 0 Å². The number of amides is 1. The molecule has 1 amide bonds. The average molecular weight is 483 g/mol. The van der Waals surface area contributed by atoms with E-state index in [9.17, 15) is 15.1 Å². The predicted octanol–water partition coefficient (Wildman–Crippen LogP) is 3.71. The molecule has 0 aliphatic carbocycles. The highest BCUT2D eigenvalue weighted by Crippen LogP contribution is 2.37. The van der Waals surface area contributed by atoms with Crippen LogP contribution in [0.2, 0.25) is 10.0 Å². The van der Waals surface area contributed by atoms with Crippen LogP contribution >= 0.6 is 35.0 Å². The zero-order valence-corrected chi connectivity index (χ0v) is 18.8. The fourth-order valence-electron chi connectivity index (χ4n) is 2.86. The molecule has 0 aliphatic rings. The molecule has 31 heavy (non-hydrogen) atoms. The molecular formula is C20H20Cl2N4O4S. The standard InChI is InChI=1S/C20H20Cl2N4O4S/c1-12(10-27)18-19(31-16-7-14(21)6-15(22)8-16)26(17(24-18)11-30-20(23)28)9-13-2-4-25(29)5-3-13/h2-8,12,27H,9-11H2,1H3,(H2,23,28). The molecule has 0 saturated carbocycles. The second-order valence-electron chi connectivity index (χ2n) is 6.77. The summed E-state index contributed by atoms with van der Waals surface area (Å²) in [5, 5.41) is 22.8. The van der Waals surface area contributed by atoms with E-state index >= 15 is 0 Å². The second kappa shape index (κ2) is 10.2. The van der Waals surface area contributed by atoms with Crippen molar-refractivity contribution in [2.45, 2.75) is 35.9 Å². The van der Waals surface area contributed by atoms with E-state index in [1.54, 1.807) is 30.3 Å². The van der Waals surface area contributed by atoms with Gasteiger partial charge in [0.1, 0.15) is 10.9 Å². The first-order valence-electron chi connectivity index (χ1n) is 9.21. The Morgan fingerprint density at radius 3 is 2.55 bits per heavy atom. The van der Waals surface area contributed by atoms with Gasteiger partial charge in [-0.15, -0.1) is 0 Å². The normalized spacial score (nSPS) is 12.0. The summed E-state index contributed by atoms with van der Waals surface area (Å²) < 4.78 is 7.53. The van der Waals surface area contributed by atoms with Crippen molar-refractivity contribution >= 4 is 41.1 Å². The summed E-state index contributed by atoms with van der Waals surface area (Å²) in [5.74, 6) is 0.161. The van der Waals surface area contributed by atoms with Crippen LogP contribution in [0, 0.1) is 5.21 Å². The Kier molecular flexibility index (Phi) is 7.66. The minimum atomic E-state index is -0.922. The molecule has 164 valence electrons. The molecule has 3 aromatic rings. The molecule has 3 rings (SSSR count). The van der Waals surface area contributed by atoms with Gasteiger partial charge in [0.25, 0.3) is 0 Å². The van der Waals surface area contributed by atoms with E-state index in [1.165, 1.54) is 24.2 Å². The molecule has 0 aliphatic heterocycles. The molecule has 1 atom stereocenters. The number of imidazole rings is 1. The zero-order chi connectivity index (χ0) is 22.5. The number of pyridine rings is 1. The molecule has 0 bridgehead atoms. The number of hydrogen-bond acceptors (Lipinski definition) is 6. The maximum atomic E-state index is 11.4. The van der Waals surface area contributed by atoms with Gasteiger partial charge < -0.3 is 25.4 Å². The van der Waals surface area contributed by atoms with Crippen LogP contribution in [0.1, 0.15) is 29.9 Å². The Labute approximate surface area is 193 Å². The van der Waals surface area contributed by atoms with Gasteiger partial charge >= 0.3 is 6.09 Å². The number of benzene rings is 1. The topological polar surface area (TPSA) is 117 Å². The maximum Gasteiger partial charge on any atom is 0.404 e. The summed E-state index contributed by atoms with van der Waals surface area (Å²) >= 11 is 13.7. The van der Waals surface area contributed by atoms with Crippen molar-refractivity contribution in [1.29, 1.82) is 0 Å². The molecule has 0 saturated heterocycles. The van der Waals surface area contributed by atoms with Gasteiger partial charge in [0, 0.05) is 33.0 Å². The van der Waals surface area contributed by atoms with Gasteiger partial charge in [-0.05, 0) is 23.8 Å². The van der Waals surface area contributed by atoms with E-state index in [4.69, 9.17) is 33.7 Å². The number of aliphatic hydroxyl groups is 1. The van der Waals surface area contributed by atoms with E-state index in [2.05, 4.69) is 4.98 Å². The quantitative estimate of drug-likeness (QED) is 0.373. The predicted molar refractivity (Wildman–Crippen MR) is 117 cm³/mol. The highest BCUT2D eigenvalue weighted by atomic mass is 35.5. The number of aliphatic hydroxyl groups excluding tert-OH is 1. The Hall–Kier alpha value is -2.46. The van der Waals surface area contributed by atoms with Gasteiger partial charge in [0.2, 0.25) is 0 Å². The number of hydrogen-bond donors (Lipinski definition) is 2. The first kappa shape index (κ1) is 23.2. The van der Waals surface area contributed by atoms with Crippen molar-refractivity contribution < 1.29 is 19.4 Å². The molecule has 2 aromatic heterocycles. The number of carbonyl (C=O) groups is 1. The third-order valence-electron chi connectivity index (χ3n) is 4.37. The average Bonchev–Trinajstić information content (AvgIpc) is 3.04. The number of nitrogens with two attached hydrogens (primary N) is 1. The molecule has 11 heteroatoms. The summed E-state index contributed by atoms with van der Waals surface area (Å²) in [5.41, 5.74) is 6.60. The Balaban J connectivity index is 2.10. The van der Waals surface area contributed by atoms with Crippen molar-refractivity contribution in [2.24, 2.45) is 5.73 Å². The molecule has 8 nitrogen and oxygen atoms in total. The minimum Gasteiger partial charge on any atom is -0.619 e. The van der Waals surface area contributed by atoms with E-state index in [1.807, 2.05) is 11.5 Å². The van der Waals surface area contributed by atoms with Crippen LogP contribution < -0.4 is 10.5 Å². The maximum absolute atomic E-state index is 11.4. The lowest BCUT2D eigenvalue weighted by atomic mass is 10.1. The van der Waals surface area contributed by atoms with Crippen molar-refractivity contribution in [3.8, 4) is 0 Å². The number of primary amides is 1. The minimum absolute atomic E-state index is 0.126. The third kappa shape index (κ3) is 6.04. The lowest BCUT2D eigenvalue weighted by Crippen LogP contribution is -2.24. The molecule has 0 spiro atoms. The van der Waals surface area contributed by atoms with E-state index in [0.29, 0.717) is 32.8 Å². The van der Waals surface area contributed by atoms with Crippen LogP contribution in [0.4, 0.5) is 4.79 Å². The lowest BCUT2D eigenvalue weighted by Gasteiger charge is -2.14. The Bertz CT molecular complexity index is 1060. The third-order valence-corrected chi connectivity index (χ3v) is 5.90. The number of halogens is 2. The Morgan fingerprint density at radius 2 is 1.97 bits per heavy atom. The van der Waals surface area contributed by atoms with Gasteiger partial charge in [0.15, 0.2) is 19.0 Å². The number of aromatic nitrogens is 3. The molecule has 1 aromatic carbocycles. The van der Waals surface area contributed by atoms with Crippen LogP contribution in [-0.4, -0.2) is 27.4 Å². The van der Waals surface area contributed by atoms with Crippen molar-refractivity contribution in [3.05, 3.63) is 75.1 Å². The summed E-state index contributed by atoms with van der Waals surface area (Å²) in [7, 11) is 0. The highest BCUT2D eigenvalue weighted by molar-refractivity contribution is 7.99. The summed E-state index contributed by atoms with van der Waals surface area (Å²) in [6, 6.07) is 8.55. The van der Waals surface area contributed by atoms with E-state index < -0.39 is 6.09 Å². The van der Waals surface area contributed by atoms with Crippen molar-refractivity contribution in [1.82, 2.24) is 9.55 Å². The smallest absolute Gasteiger partial charge is 0.404 e. The van der Waals surface area contributed by atoms with Gasteiger partial charge in [-0.25, -0.2) is 9.78 Å². The van der Waals surface area contributed by atoms with Gasteiger partial charge in [0.05, 0.1) is 18.8 Å². The Morgan fingerprint density at radius 1 is 1.32 bits per heavy atom. The van der Waals surface area contributed by atoms with Gasteiger partial charge in [-0.3, -0.25) is 0 Å². The monoisotopic (exact) mass is 482 g/mol. The zero-order valence-electron chi connectivity index (χ0n) is 16.5. The molecule has 3 N–H and O–H groups in total. The van der Waals surface area contributed by atoms with E-state index in [0.717, 1.165) is 15.5 Å². The van der Waals surface area contributed by atoms with Crippen molar-refractivity contribution in [3.63, 3.8) is 0 Å². The molecule has 0 radical (unpaired) electrons. The second-order valence-corrected chi connectivity index (χ2v) is 8.70.